The van der Waals surface area contributed by atoms with E-state index in [-0.39, 0.29) is 0 Å². The lowest BCUT2D eigenvalue weighted by Gasteiger charge is -2.39. The lowest BCUT2D eigenvalue weighted by Crippen LogP contribution is -2.50. The van der Waals surface area contributed by atoms with Gasteiger partial charge in [-0.1, -0.05) is 26.2 Å². The maximum atomic E-state index is 3.67. The highest BCUT2D eigenvalue weighted by atomic mass is 15.2. The summed E-state index contributed by atoms with van der Waals surface area (Å²) in [6.07, 6.45) is 8.51. The molecule has 1 aliphatic carbocycles. The SMILES string of the molecule is CCC1CCCC(N2CCCNC(C)(C)C2)C1. The highest BCUT2D eigenvalue weighted by molar-refractivity contribution is 4.89. The zero-order valence-corrected chi connectivity index (χ0v) is 12.0. The fourth-order valence-electron chi connectivity index (χ4n) is 3.63. The summed E-state index contributed by atoms with van der Waals surface area (Å²) in [5, 5.41) is 3.67. The first-order valence-corrected chi connectivity index (χ1v) is 7.60. The van der Waals surface area contributed by atoms with E-state index in [1.807, 2.05) is 0 Å². The minimum atomic E-state index is 0.301. The molecule has 2 aliphatic rings. The second-order valence-electron chi connectivity index (χ2n) is 6.73. The minimum Gasteiger partial charge on any atom is -0.310 e. The van der Waals surface area contributed by atoms with E-state index >= 15 is 0 Å². The summed E-state index contributed by atoms with van der Waals surface area (Å²) in [5.41, 5.74) is 0.301. The van der Waals surface area contributed by atoms with Crippen molar-refractivity contribution in [1.82, 2.24) is 10.2 Å². The maximum absolute atomic E-state index is 3.67. The van der Waals surface area contributed by atoms with E-state index in [9.17, 15) is 0 Å². The van der Waals surface area contributed by atoms with Crippen molar-refractivity contribution >= 4 is 0 Å². The third kappa shape index (κ3) is 3.69. The largest absolute Gasteiger partial charge is 0.310 e. The van der Waals surface area contributed by atoms with Gasteiger partial charge in [0.25, 0.3) is 0 Å². The van der Waals surface area contributed by atoms with Gasteiger partial charge in [-0.3, -0.25) is 4.90 Å². The molecule has 0 amide bonds. The molecule has 2 unspecified atom stereocenters. The molecule has 2 nitrogen and oxygen atoms in total. The molecule has 1 saturated carbocycles. The summed E-state index contributed by atoms with van der Waals surface area (Å²) >= 11 is 0. The van der Waals surface area contributed by atoms with Crippen LogP contribution in [0.25, 0.3) is 0 Å². The second-order valence-corrected chi connectivity index (χ2v) is 6.73. The normalized spacial score (nSPS) is 35.5. The van der Waals surface area contributed by atoms with Crippen LogP contribution in [0.3, 0.4) is 0 Å². The minimum absolute atomic E-state index is 0.301. The van der Waals surface area contributed by atoms with Gasteiger partial charge in [-0.05, 0) is 52.1 Å². The first kappa shape index (κ1) is 13.4. The van der Waals surface area contributed by atoms with Gasteiger partial charge < -0.3 is 5.32 Å². The number of rotatable bonds is 2. The Balaban J connectivity index is 1.95. The average Bonchev–Trinajstić information content (AvgIpc) is 2.50. The molecule has 1 saturated heterocycles. The van der Waals surface area contributed by atoms with Crippen molar-refractivity contribution in [2.45, 2.75) is 70.9 Å². The van der Waals surface area contributed by atoms with Crippen LogP contribution >= 0.6 is 0 Å². The van der Waals surface area contributed by atoms with Crippen LogP contribution in [-0.2, 0) is 0 Å². The Morgan fingerprint density at radius 3 is 2.82 bits per heavy atom. The zero-order valence-electron chi connectivity index (χ0n) is 12.0. The quantitative estimate of drug-likeness (QED) is 0.795. The summed E-state index contributed by atoms with van der Waals surface area (Å²) in [5.74, 6) is 0.994. The van der Waals surface area contributed by atoms with E-state index in [0.717, 1.165) is 12.0 Å². The predicted octanol–water partition coefficient (Wildman–Crippen LogP) is 3.03. The molecular weight excluding hydrogens is 208 g/mol. The van der Waals surface area contributed by atoms with Crippen LogP contribution in [0.1, 0.15) is 59.3 Å². The summed E-state index contributed by atoms with van der Waals surface area (Å²) in [4.78, 5) is 2.78. The molecule has 0 aromatic rings. The maximum Gasteiger partial charge on any atom is 0.0252 e. The van der Waals surface area contributed by atoms with Crippen LogP contribution in [0, 0.1) is 5.92 Å². The van der Waals surface area contributed by atoms with Gasteiger partial charge in [0.15, 0.2) is 0 Å². The molecule has 1 aliphatic heterocycles. The second kappa shape index (κ2) is 5.71. The highest BCUT2D eigenvalue weighted by Crippen LogP contribution is 2.30. The Morgan fingerprint density at radius 2 is 2.06 bits per heavy atom. The molecule has 2 rings (SSSR count). The monoisotopic (exact) mass is 238 g/mol. The van der Waals surface area contributed by atoms with Crippen molar-refractivity contribution in [3.63, 3.8) is 0 Å². The van der Waals surface area contributed by atoms with Gasteiger partial charge in [0, 0.05) is 18.1 Å². The molecule has 0 bridgehead atoms. The van der Waals surface area contributed by atoms with Crippen LogP contribution in [-0.4, -0.2) is 36.1 Å². The van der Waals surface area contributed by atoms with Gasteiger partial charge in [-0.15, -0.1) is 0 Å². The molecule has 2 heteroatoms. The predicted molar refractivity (Wildman–Crippen MR) is 74.3 cm³/mol. The van der Waals surface area contributed by atoms with Crippen LogP contribution < -0.4 is 5.32 Å². The molecule has 2 fully saturated rings. The fourth-order valence-corrected chi connectivity index (χ4v) is 3.63. The molecule has 0 spiro atoms. The lowest BCUT2D eigenvalue weighted by atomic mass is 9.83. The summed E-state index contributed by atoms with van der Waals surface area (Å²) in [6.45, 7) is 10.8. The van der Waals surface area contributed by atoms with E-state index in [2.05, 4.69) is 31.0 Å². The van der Waals surface area contributed by atoms with E-state index in [1.165, 1.54) is 58.2 Å². The Labute approximate surface area is 107 Å². The number of nitrogens with one attached hydrogen (secondary N) is 1. The number of hydrogen-bond donors (Lipinski definition) is 1. The Morgan fingerprint density at radius 1 is 1.24 bits per heavy atom. The first-order valence-electron chi connectivity index (χ1n) is 7.60. The Bertz CT molecular complexity index is 237. The van der Waals surface area contributed by atoms with Crippen LogP contribution in [0.15, 0.2) is 0 Å². The van der Waals surface area contributed by atoms with Gasteiger partial charge in [-0.25, -0.2) is 0 Å². The summed E-state index contributed by atoms with van der Waals surface area (Å²) in [7, 11) is 0. The molecular formula is C15H30N2. The van der Waals surface area contributed by atoms with Crippen LogP contribution in [0.5, 0.6) is 0 Å². The number of hydrogen-bond acceptors (Lipinski definition) is 2. The Kier molecular flexibility index (Phi) is 4.48. The van der Waals surface area contributed by atoms with E-state index in [0.29, 0.717) is 5.54 Å². The van der Waals surface area contributed by atoms with Crippen LogP contribution in [0.4, 0.5) is 0 Å². The van der Waals surface area contributed by atoms with Gasteiger partial charge in [0.05, 0.1) is 0 Å². The topological polar surface area (TPSA) is 15.3 Å². The standard InChI is InChI=1S/C15H30N2/c1-4-13-7-5-8-14(11-13)17-10-6-9-16-15(2,3)12-17/h13-14,16H,4-12H2,1-3H3. The zero-order chi connectivity index (χ0) is 12.3. The Hall–Kier alpha value is -0.0800. The molecule has 17 heavy (non-hydrogen) atoms. The smallest absolute Gasteiger partial charge is 0.0252 e. The molecule has 0 radical (unpaired) electrons. The molecule has 1 heterocycles. The molecule has 2 atom stereocenters. The molecule has 0 aromatic carbocycles. The van der Waals surface area contributed by atoms with Crippen LogP contribution in [0.2, 0.25) is 0 Å². The summed E-state index contributed by atoms with van der Waals surface area (Å²) in [6, 6.07) is 0.868. The van der Waals surface area contributed by atoms with Crippen molar-refractivity contribution in [3.05, 3.63) is 0 Å². The van der Waals surface area contributed by atoms with Crippen molar-refractivity contribution in [2.24, 2.45) is 5.92 Å². The van der Waals surface area contributed by atoms with E-state index in [1.54, 1.807) is 0 Å². The fraction of sp³-hybridized carbons (Fsp3) is 1.00. The third-order valence-corrected chi connectivity index (χ3v) is 4.67. The third-order valence-electron chi connectivity index (χ3n) is 4.67. The first-order chi connectivity index (χ1) is 8.11. The average molecular weight is 238 g/mol. The van der Waals surface area contributed by atoms with Gasteiger partial charge >= 0.3 is 0 Å². The van der Waals surface area contributed by atoms with E-state index < -0.39 is 0 Å². The van der Waals surface area contributed by atoms with Crippen molar-refractivity contribution in [3.8, 4) is 0 Å². The summed E-state index contributed by atoms with van der Waals surface area (Å²) < 4.78 is 0. The van der Waals surface area contributed by atoms with Gasteiger partial charge in [-0.2, -0.15) is 0 Å². The lowest BCUT2D eigenvalue weighted by molar-refractivity contribution is 0.113. The highest BCUT2D eigenvalue weighted by Gasteiger charge is 2.31. The van der Waals surface area contributed by atoms with E-state index in [4.69, 9.17) is 0 Å². The molecule has 100 valence electrons. The van der Waals surface area contributed by atoms with Crippen molar-refractivity contribution in [1.29, 1.82) is 0 Å². The van der Waals surface area contributed by atoms with Gasteiger partial charge in [0.1, 0.15) is 0 Å². The molecule has 0 aromatic heterocycles. The van der Waals surface area contributed by atoms with Crippen molar-refractivity contribution in [2.75, 3.05) is 19.6 Å². The number of nitrogens with zero attached hydrogens (tertiary/aromatic N) is 1. The molecule has 1 N–H and O–H groups in total. The van der Waals surface area contributed by atoms with Gasteiger partial charge in [0.2, 0.25) is 0 Å². The van der Waals surface area contributed by atoms with Crippen molar-refractivity contribution < 1.29 is 0 Å².